The van der Waals surface area contributed by atoms with Crippen molar-refractivity contribution in [3.8, 4) is 0 Å². The van der Waals surface area contributed by atoms with E-state index in [1.165, 1.54) is 0 Å². The van der Waals surface area contributed by atoms with Crippen molar-refractivity contribution in [2.75, 3.05) is 46.1 Å². The number of rotatable bonds is 4. The minimum Gasteiger partial charge on any atom is -0.378 e. The number of nitrogens with zero attached hydrogens (tertiary/aromatic N) is 1. The quantitative estimate of drug-likeness (QED) is 0.705. The number of carbonyl (C=O) groups excluding carboxylic acids is 2. The number of morpholine rings is 2. The van der Waals surface area contributed by atoms with Crippen molar-refractivity contribution in [2.45, 2.75) is 25.4 Å². The molecule has 2 atom stereocenters. The van der Waals surface area contributed by atoms with Gasteiger partial charge in [-0.05, 0) is 6.92 Å². The van der Waals surface area contributed by atoms with Gasteiger partial charge in [-0.3, -0.25) is 9.59 Å². The Morgan fingerprint density at radius 2 is 2.00 bits per heavy atom. The van der Waals surface area contributed by atoms with Crippen LogP contribution in [0.2, 0.25) is 0 Å². The molecule has 0 aromatic heterocycles. The molecule has 2 aliphatic rings. The summed E-state index contributed by atoms with van der Waals surface area (Å²) in [5, 5.41) is 5.98. The second-order valence-electron chi connectivity index (χ2n) is 5.16. The monoisotopic (exact) mass is 321 g/mol. The minimum absolute atomic E-state index is 0. The lowest BCUT2D eigenvalue weighted by Gasteiger charge is -2.30. The predicted octanol–water partition coefficient (Wildman–Crippen LogP) is -0.850. The molecule has 0 aromatic carbocycles. The highest BCUT2D eigenvalue weighted by Gasteiger charge is 2.25. The van der Waals surface area contributed by atoms with Gasteiger partial charge in [0.15, 0.2) is 0 Å². The van der Waals surface area contributed by atoms with Crippen molar-refractivity contribution in [3.05, 3.63) is 0 Å². The van der Waals surface area contributed by atoms with E-state index >= 15 is 0 Å². The SMILES string of the molecule is CC(NC(=O)CC1COCCN1)C(=O)N1CCOCC1.Cl. The Kier molecular flexibility index (Phi) is 7.95. The maximum atomic E-state index is 12.1. The largest absolute Gasteiger partial charge is 0.378 e. The fourth-order valence-electron chi connectivity index (χ4n) is 2.39. The van der Waals surface area contributed by atoms with E-state index in [1.54, 1.807) is 11.8 Å². The molecule has 8 heteroatoms. The van der Waals surface area contributed by atoms with Gasteiger partial charge in [0, 0.05) is 32.1 Å². The number of nitrogens with one attached hydrogen (secondary N) is 2. The van der Waals surface area contributed by atoms with Crippen LogP contribution in [0.1, 0.15) is 13.3 Å². The molecule has 2 aliphatic heterocycles. The van der Waals surface area contributed by atoms with Crippen LogP contribution < -0.4 is 10.6 Å². The lowest BCUT2D eigenvalue weighted by Crippen LogP contribution is -2.51. The Balaban J connectivity index is 0.00000220. The van der Waals surface area contributed by atoms with Crippen LogP contribution in [0.25, 0.3) is 0 Å². The zero-order valence-electron chi connectivity index (χ0n) is 12.3. The molecule has 0 spiro atoms. The molecule has 2 rings (SSSR count). The molecule has 2 heterocycles. The van der Waals surface area contributed by atoms with Gasteiger partial charge in [0.2, 0.25) is 11.8 Å². The van der Waals surface area contributed by atoms with Crippen LogP contribution in [0.3, 0.4) is 0 Å². The summed E-state index contributed by atoms with van der Waals surface area (Å²) >= 11 is 0. The summed E-state index contributed by atoms with van der Waals surface area (Å²) in [5.74, 6) is -0.170. The molecular formula is C13H24ClN3O4. The second-order valence-corrected chi connectivity index (χ2v) is 5.16. The first-order valence-corrected chi connectivity index (χ1v) is 7.14. The molecule has 0 radical (unpaired) electrons. The van der Waals surface area contributed by atoms with Gasteiger partial charge >= 0.3 is 0 Å². The maximum Gasteiger partial charge on any atom is 0.245 e. The number of hydrogen-bond acceptors (Lipinski definition) is 5. The molecule has 7 nitrogen and oxygen atoms in total. The third kappa shape index (κ3) is 5.78. The van der Waals surface area contributed by atoms with Gasteiger partial charge in [-0.25, -0.2) is 0 Å². The predicted molar refractivity (Wildman–Crippen MR) is 79.5 cm³/mol. The lowest BCUT2D eigenvalue weighted by molar-refractivity contribution is -0.139. The number of amides is 2. The summed E-state index contributed by atoms with van der Waals surface area (Å²) < 4.78 is 10.5. The van der Waals surface area contributed by atoms with Crippen LogP contribution in [0.5, 0.6) is 0 Å². The zero-order chi connectivity index (χ0) is 14.4. The molecule has 2 amide bonds. The molecular weight excluding hydrogens is 298 g/mol. The van der Waals surface area contributed by atoms with Crippen molar-refractivity contribution >= 4 is 24.2 Å². The summed E-state index contributed by atoms with van der Waals surface area (Å²) in [6, 6.07) is -0.459. The Morgan fingerprint density at radius 1 is 1.29 bits per heavy atom. The Morgan fingerprint density at radius 3 is 2.62 bits per heavy atom. The van der Waals surface area contributed by atoms with Crippen molar-refractivity contribution in [1.29, 1.82) is 0 Å². The van der Waals surface area contributed by atoms with E-state index in [4.69, 9.17) is 9.47 Å². The van der Waals surface area contributed by atoms with E-state index in [0.29, 0.717) is 45.9 Å². The minimum atomic E-state index is -0.495. The maximum absolute atomic E-state index is 12.1. The third-order valence-electron chi connectivity index (χ3n) is 3.50. The molecule has 2 N–H and O–H groups in total. The van der Waals surface area contributed by atoms with Gasteiger partial charge in [0.1, 0.15) is 6.04 Å². The summed E-state index contributed by atoms with van der Waals surface area (Å²) in [6.07, 6.45) is 0.334. The van der Waals surface area contributed by atoms with E-state index in [-0.39, 0.29) is 30.3 Å². The van der Waals surface area contributed by atoms with E-state index in [1.807, 2.05) is 0 Å². The molecule has 0 saturated carbocycles. The molecule has 2 unspecified atom stereocenters. The van der Waals surface area contributed by atoms with Crippen LogP contribution in [-0.2, 0) is 19.1 Å². The lowest BCUT2D eigenvalue weighted by atomic mass is 10.1. The van der Waals surface area contributed by atoms with Crippen molar-refractivity contribution in [2.24, 2.45) is 0 Å². The molecule has 0 aromatic rings. The molecule has 0 aliphatic carbocycles. The average molecular weight is 322 g/mol. The molecule has 2 fully saturated rings. The van der Waals surface area contributed by atoms with Gasteiger partial charge in [-0.2, -0.15) is 0 Å². The standard InChI is InChI=1S/C13H23N3O4.ClH/c1-10(13(18)16-3-6-19-7-4-16)15-12(17)8-11-9-20-5-2-14-11;/h10-11,14H,2-9H2,1H3,(H,15,17);1H. The average Bonchev–Trinajstić information content (AvgIpc) is 2.48. The second kappa shape index (κ2) is 9.19. The smallest absolute Gasteiger partial charge is 0.245 e. The van der Waals surface area contributed by atoms with Crippen LogP contribution in [0.15, 0.2) is 0 Å². The van der Waals surface area contributed by atoms with Crippen molar-refractivity contribution in [1.82, 2.24) is 15.5 Å². The van der Waals surface area contributed by atoms with Crippen molar-refractivity contribution < 1.29 is 19.1 Å². The number of hydrogen-bond donors (Lipinski definition) is 2. The van der Waals surface area contributed by atoms with Gasteiger partial charge in [-0.1, -0.05) is 0 Å². The fourth-order valence-corrected chi connectivity index (χ4v) is 2.39. The first-order valence-electron chi connectivity index (χ1n) is 7.14. The molecule has 122 valence electrons. The van der Waals surface area contributed by atoms with Crippen molar-refractivity contribution in [3.63, 3.8) is 0 Å². The number of ether oxygens (including phenoxy) is 2. The van der Waals surface area contributed by atoms with Crippen LogP contribution in [-0.4, -0.2) is 74.9 Å². The fraction of sp³-hybridized carbons (Fsp3) is 0.846. The summed E-state index contributed by atoms with van der Waals surface area (Å²) in [4.78, 5) is 25.8. The highest BCUT2D eigenvalue weighted by atomic mass is 35.5. The highest BCUT2D eigenvalue weighted by molar-refractivity contribution is 5.87. The molecule has 21 heavy (non-hydrogen) atoms. The van der Waals surface area contributed by atoms with Gasteiger partial charge in [-0.15, -0.1) is 12.4 Å². The third-order valence-corrected chi connectivity index (χ3v) is 3.50. The van der Waals surface area contributed by atoms with Gasteiger partial charge in [0.05, 0.1) is 26.4 Å². The summed E-state index contributed by atoms with van der Waals surface area (Å²) in [5.41, 5.74) is 0. The van der Waals surface area contributed by atoms with Gasteiger partial charge in [0.25, 0.3) is 0 Å². The van der Waals surface area contributed by atoms with Gasteiger partial charge < -0.3 is 25.0 Å². The first kappa shape index (κ1) is 18.2. The Labute approximate surface area is 131 Å². The van der Waals surface area contributed by atoms with Crippen LogP contribution >= 0.6 is 12.4 Å². The highest BCUT2D eigenvalue weighted by Crippen LogP contribution is 2.02. The Bertz CT molecular complexity index is 344. The topological polar surface area (TPSA) is 79.9 Å². The zero-order valence-corrected chi connectivity index (χ0v) is 13.1. The normalized spacial score (nSPS) is 23.9. The number of carbonyl (C=O) groups is 2. The van der Waals surface area contributed by atoms with E-state index < -0.39 is 6.04 Å². The van der Waals surface area contributed by atoms with E-state index in [0.717, 1.165) is 6.54 Å². The summed E-state index contributed by atoms with van der Waals surface area (Å²) in [7, 11) is 0. The van der Waals surface area contributed by atoms with Crippen LogP contribution in [0.4, 0.5) is 0 Å². The van der Waals surface area contributed by atoms with E-state index in [9.17, 15) is 9.59 Å². The van der Waals surface area contributed by atoms with Crippen LogP contribution in [0, 0.1) is 0 Å². The molecule has 2 saturated heterocycles. The molecule has 0 bridgehead atoms. The first-order chi connectivity index (χ1) is 9.66. The number of halogens is 1. The van der Waals surface area contributed by atoms with E-state index in [2.05, 4.69) is 10.6 Å². The Hall–Kier alpha value is -0.890. The summed E-state index contributed by atoms with van der Waals surface area (Å²) in [6.45, 7) is 6.03.